The van der Waals surface area contributed by atoms with Gasteiger partial charge in [-0.1, -0.05) is 29.3 Å². The van der Waals surface area contributed by atoms with Crippen LogP contribution in [0, 0.1) is 5.82 Å². The van der Waals surface area contributed by atoms with Crippen LogP contribution in [0.1, 0.15) is 23.7 Å². The molecule has 0 aliphatic rings. The Hall–Kier alpha value is -2.68. The molecule has 10 heteroatoms. The molecule has 0 radical (unpaired) electrons. The molecular formula is C21H18Cl2FN3O3S. The topological polar surface area (TPSA) is 72.8 Å². The van der Waals surface area contributed by atoms with E-state index in [-0.39, 0.29) is 24.0 Å². The molecule has 0 aliphatic carbocycles. The van der Waals surface area contributed by atoms with Crippen molar-refractivity contribution in [1.29, 1.82) is 0 Å². The number of nitrogens with zero attached hydrogens (tertiary/aromatic N) is 2. The number of aromatic nitrogens is 1. The Morgan fingerprint density at radius 1 is 1.29 bits per heavy atom. The monoisotopic (exact) mass is 481 g/mol. The number of carbonyl (C=O) groups is 1. The van der Waals surface area contributed by atoms with Crippen LogP contribution in [-0.4, -0.2) is 23.8 Å². The fourth-order valence-electron chi connectivity index (χ4n) is 2.50. The van der Waals surface area contributed by atoms with E-state index in [0.29, 0.717) is 39.3 Å². The number of hydrazone groups is 1. The van der Waals surface area contributed by atoms with E-state index in [2.05, 4.69) is 15.5 Å². The normalized spacial score (nSPS) is 11.0. The maximum absolute atomic E-state index is 13.2. The number of ether oxygens (including phenoxy) is 2. The number of nitrogens with one attached hydrogen (secondary N) is 1. The summed E-state index contributed by atoms with van der Waals surface area (Å²) in [5.41, 5.74) is 4.69. The van der Waals surface area contributed by atoms with Crippen LogP contribution in [0.25, 0.3) is 0 Å². The molecule has 0 spiro atoms. The molecule has 3 aromatic rings. The van der Waals surface area contributed by atoms with Gasteiger partial charge in [-0.05, 0) is 37.3 Å². The second-order valence-corrected chi connectivity index (χ2v) is 7.90. The number of carbonyl (C=O) groups excluding carboxylic acids is 1. The lowest BCUT2D eigenvalue weighted by molar-refractivity contribution is -0.142. The fourth-order valence-corrected chi connectivity index (χ4v) is 3.56. The zero-order chi connectivity index (χ0) is 22.2. The van der Waals surface area contributed by atoms with E-state index in [1.54, 1.807) is 42.8 Å². The Balaban J connectivity index is 1.64. The molecule has 0 amide bonds. The van der Waals surface area contributed by atoms with Crippen molar-refractivity contribution in [3.8, 4) is 5.75 Å². The van der Waals surface area contributed by atoms with Crippen molar-refractivity contribution in [2.75, 3.05) is 12.0 Å². The molecule has 0 bridgehead atoms. The number of hydrogen-bond donors (Lipinski definition) is 1. The minimum absolute atomic E-state index is 0.105. The van der Waals surface area contributed by atoms with Gasteiger partial charge in [0.1, 0.15) is 18.2 Å². The Labute approximate surface area is 192 Å². The van der Waals surface area contributed by atoms with Gasteiger partial charge in [-0.2, -0.15) is 5.10 Å². The summed E-state index contributed by atoms with van der Waals surface area (Å²) < 4.78 is 23.9. The summed E-state index contributed by atoms with van der Waals surface area (Å²) in [6.07, 6.45) is 1.65. The number of thiazole rings is 1. The quantitative estimate of drug-likeness (QED) is 0.240. The van der Waals surface area contributed by atoms with Crippen molar-refractivity contribution in [3.05, 3.63) is 74.5 Å². The summed E-state index contributed by atoms with van der Waals surface area (Å²) in [6.45, 7) is 2.23. The van der Waals surface area contributed by atoms with Crippen LogP contribution in [0.5, 0.6) is 5.75 Å². The highest BCUT2D eigenvalue weighted by Crippen LogP contribution is 2.25. The summed E-state index contributed by atoms with van der Waals surface area (Å²) in [5, 5.41) is 7.25. The maximum atomic E-state index is 13.2. The zero-order valence-electron chi connectivity index (χ0n) is 16.4. The fraction of sp³-hybridized carbons (Fsp3) is 0.190. The van der Waals surface area contributed by atoms with E-state index in [1.807, 2.05) is 0 Å². The maximum Gasteiger partial charge on any atom is 0.311 e. The smallest absolute Gasteiger partial charge is 0.311 e. The van der Waals surface area contributed by atoms with Gasteiger partial charge in [0.15, 0.2) is 0 Å². The van der Waals surface area contributed by atoms with Gasteiger partial charge in [0, 0.05) is 21.5 Å². The third kappa shape index (κ3) is 6.92. The molecule has 0 saturated carbocycles. The average molecular weight is 482 g/mol. The van der Waals surface area contributed by atoms with E-state index < -0.39 is 5.82 Å². The van der Waals surface area contributed by atoms with Gasteiger partial charge in [-0.3, -0.25) is 10.2 Å². The van der Waals surface area contributed by atoms with Crippen molar-refractivity contribution in [1.82, 2.24) is 4.98 Å². The van der Waals surface area contributed by atoms with Gasteiger partial charge in [-0.25, -0.2) is 9.37 Å². The van der Waals surface area contributed by atoms with Crippen LogP contribution in [0.15, 0.2) is 46.9 Å². The van der Waals surface area contributed by atoms with Crippen LogP contribution in [0.4, 0.5) is 9.52 Å². The average Bonchev–Trinajstić information content (AvgIpc) is 3.15. The summed E-state index contributed by atoms with van der Waals surface area (Å²) in [7, 11) is 0. The molecule has 2 aromatic carbocycles. The first-order valence-corrected chi connectivity index (χ1v) is 10.8. The minimum atomic E-state index is -0.410. The number of anilines is 1. The number of halogens is 3. The molecule has 162 valence electrons. The Morgan fingerprint density at radius 3 is 2.90 bits per heavy atom. The number of benzene rings is 2. The lowest BCUT2D eigenvalue weighted by Gasteiger charge is -2.10. The first kappa shape index (κ1) is 23.0. The van der Waals surface area contributed by atoms with Gasteiger partial charge >= 0.3 is 5.97 Å². The van der Waals surface area contributed by atoms with Gasteiger partial charge in [0.25, 0.3) is 0 Å². The van der Waals surface area contributed by atoms with Crippen molar-refractivity contribution in [2.45, 2.75) is 20.0 Å². The largest absolute Gasteiger partial charge is 0.488 e. The predicted molar refractivity (Wildman–Crippen MR) is 121 cm³/mol. The second-order valence-electron chi connectivity index (χ2n) is 6.20. The lowest BCUT2D eigenvalue weighted by atomic mass is 10.2. The Kier molecular flexibility index (Phi) is 8.22. The molecule has 1 heterocycles. The highest BCUT2D eigenvalue weighted by molar-refractivity contribution is 7.13. The second kappa shape index (κ2) is 11.1. The minimum Gasteiger partial charge on any atom is -0.488 e. The van der Waals surface area contributed by atoms with E-state index >= 15 is 0 Å². The highest BCUT2D eigenvalue weighted by Gasteiger charge is 2.09. The van der Waals surface area contributed by atoms with Crippen LogP contribution < -0.4 is 10.2 Å². The summed E-state index contributed by atoms with van der Waals surface area (Å²) in [5.74, 6) is -0.214. The van der Waals surface area contributed by atoms with Crippen LogP contribution in [0.3, 0.4) is 0 Å². The summed E-state index contributed by atoms with van der Waals surface area (Å²) >= 11 is 13.5. The standard InChI is InChI=1S/C21H18Cl2FN3O3S/c1-2-29-20(28)9-17-12-31-21(26-17)27-25-10-14-7-15(22)4-6-19(14)30-11-13-3-5-16(24)8-18(13)23/h3-8,10,12H,2,9,11H2,1H3,(H,26,27). The van der Waals surface area contributed by atoms with E-state index in [1.165, 1.54) is 23.5 Å². The third-order valence-electron chi connectivity index (χ3n) is 3.92. The first-order valence-electron chi connectivity index (χ1n) is 9.20. The van der Waals surface area contributed by atoms with Crippen molar-refractivity contribution in [2.24, 2.45) is 5.10 Å². The van der Waals surface area contributed by atoms with E-state index in [9.17, 15) is 9.18 Å². The van der Waals surface area contributed by atoms with Gasteiger partial charge in [0.2, 0.25) is 5.13 Å². The molecule has 31 heavy (non-hydrogen) atoms. The van der Waals surface area contributed by atoms with Crippen molar-refractivity contribution in [3.63, 3.8) is 0 Å². The molecular weight excluding hydrogens is 464 g/mol. The predicted octanol–water partition coefficient (Wildman–Crippen LogP) is 5.72. The zero-order valence-corrected chi connectivity index (χ0v) is 18.7. The van der Waals surface area contributed by atoms with Crippen LogP contribution in [0.2, 0.25) is 10.0 Å². The molecule has 3 rings (SSSR count). The lowest BCUT2D eigenvalue weighted by Crippen LogP contribution is -2.07. The molecule has 0 aliphatic heterocycles. The third-order valence-corrected chi connectivity index (χ3v) is 5.30. The van der Waals surface area contributed by atoms with Gasteiger partial charge in [-0.15, -0.1) is 11.3 Å². The highest BCUT2D eigenvalue weighted by atomic mass is 35.5. The molecule has 0 saturated heterocycles. The Morgan fingerprint density at radius 2 is 2.13 bits per heavy atom. The first-order chi connectivity index (χ1) is 14.9. The molecule has 0 fully saturated rings. The number of hydrogen-bond acceptors (Lipinski definition) is 7. The van der Waals surface area contributed by atoms with E-state index in [4.69, 9.17) is 32.7 Å². The van der Waals surface area contributed by atoms with Crippen molar-refractivity contribution < 1.29 is 18.7 Å². The SMILES string of the molecule is CCOC(=O)Cc1csc(NN=Cc2cc(Cl)ccc2OCc2ccc(F)cc2Cl)n1. The summed E-state index contributed by atoms with van der Waals surface area (Å²) in [4.78, 5) is 15.8. The van der Waals surface area contributed by atoms with E-state index in [0.717, 1.165) is 0 Å². The van der Waals surface area contributed by atoms with Gasteiger partial charge < -0.3 is 9.47 Å². The van der Waals surface area contributed by atoms with Crippen LogP contribution in [-0.2, 0) is 22.6 Å². The summed E-state index contributed by atoms with van der Waals surface area (Å²) in [6, 6.07) is 9.22. The number of esters is 1. The van der Waals surface area contributed by atoms with Crippen molar-refractivity contribution >= 4 is 51.9 Å². The Bertz CT molecular complexity index is 1090. The molecule has 0 unspecified atom stereocenters. The van der Waals surface area contributed by atoms with Crippen LogP contribution >= 0.6 is 34.5 Å². The molecule has 1 aromatic heterocycles. The van der Waals surface area contributed by atoms with Gasteiger partial charge in [0.05, 0.1) is 30.0 Å². The molecule has 0 atom stereocenters. The molecule has 1 N–H and O–H groups in total. The molecule has 6 nitrogen and oxygen atoms in total. The number of rotatable bonds is 9.